The molecule has 0 aliphatic carbocycles. The first-order valence-electron chi connectivity index (χ1n) is 6.46. The highest BCUT2D eigenvalue weighted by molar-refractivity contribution is 5.94. The van der Waals surface area contributed by atoms with Gasteiger partial charge in [0.15, 0.2) is 0 Å². The number of carbonyl (C=O) groups excluding carboxylic acids is 2. The average molecular weight is 280 g/mol. The highest BCUT2D eigenvalue weighted by Crippen LogP contribution is 2.01. The van der Waals surface area contributed by atoms with Crippen LogP contribution in [0.2, 0.25) is 0 Å². The van der Waals surface area contributed by atoms with Gasteiger partial charge in [0.1, 0.15) is 0 Å². The summed E-state index contributed by atoms with van der Waals surface area (Å²) in [5.74, 6) is -1.10. The van der Waals surface area contributed by atoms with E-state index < -0.39 is 5.92 Å². The fourth-order valence-electron chi connectivity index (χ4n) is 1.51. The number of rotatable bonds is 5. The van der Waals surface area contributed by atoms with Gasteiger partial charge >= 0.3 is 5.97 Å². The lowest BCUT2D eigenvalue weighted by Gasteiger charge is -2.14. The molecule has 0 aromatic carbocycles. The fraction of sp³-hybridized carbons (Fsp3) is 0.500. The molecule has 1 heterocycles. The van der Waals surface area contributed by atoms with Gasteiger partial charge < -0.3 is 14.6 Å². The quantitative estimate of drug-likeness (QED) is 0.806. The zero-order valence-corrected chi connectivity index (χ0v) is 12.2. The van der Waals surface area contributed by atoms with Gasteiger partial charge in [0.25, 0.3) is 5.91 Å². The van der Waals surface area contributed by atoms with E-state index in [-0.39, 0.29) is 30.1 Å². The summed E-state index contributed by atoms with van der Waals surface area (Å²) in [7, 11) is 1.57. The van der Waals surface area contributed by atoms with Crippen LogP contribution < -0.4 is 10.9 Å². The van der Waals surface area contributed by atoms with E-state index in [9.17, 15) is 14.4 Å². The van der Waals surface area contributed by atoms with E-state index in [2.05, 4.69) is 5.32 Å². The molecule has 0 radical (unpaired) electrons. The minimum absolute atomic E-state index is 0.177. The summed E-state index contributed by atoms with van der Waals surface area (Å²) in [6.07, 6.45) is 1.28. The van der Waals surface area contributed by atoms with E-state index in [1.807, 2.05) is 0 Å². The molecule has 110 valence electrons. The van der Waals surface area contributed by atoms with Crippen LogP contribution in [0.3, 0.4) is 0 Å². The van der Waals surface area contributed by atoms with Crippen molar-refractivity contribution in [2.45, 2.75) is 26.9 Å². The molecular weight excluding hydrogens is 260 g/mol. The fourth-order valence-corrected chi connectivity index (χ4v) is 1.51. The molecule has 6 heteroatoms. The van der Waals surface area contributed by atoms with Crippen molar-refractivity contribution >= 4 is 11.9 Å². The van der Waals surface area contributed by atoms with Gasteiger partial charge in [-0.15, -0.1) is 0 Å². The molecule has 1 rings (SSSR count). The number of nitrogens with one attached hydrogen (secondary N) is 1. The van der Waals surface area contributed by atoms with Gasteiger partial charge in [0, 0.05) is 25.9 Å². The van der Waals surface area contributed by atoms with Crippen LogP contribution in [0.1, 0.15) is 31.1 Å². The third-order valence-corrected chi connectivity index (χ3v) is 2.67. The normalized spacial score (nSPS) is 12.1. The first-order valence-corrected chi connectivity index (χ1v) is 6.46. The summed E-state index contributed by atoms with van der Waals surface area (Å²) in [4.78, 5) is 34.7. The van der Waals surface area contributed by atoms with Gasteiger partial charge in [0.05, 0.1) is 17.6 Å². The van der Waals surface area contributed by atoms with E-state index in [1.165, 1.54) is 22.9 Å². The number of carbonyl (C=O) groups is 2. The molecule has 1 atom stereocenters. The first kappa shape index (κ1) is 15.9. The van der Waals surface area contributed by atoms with Crippen molar-refractivity contribution in [1.82, 2.24) is 9.88 Å². The number of nitrogens with zero attached hydrogens (tertiary/aromatic N) is 1. The molecule has 6 nitrogen and oxygen atoms in total. The lowest BCUT2D eigenvalue weighted by Crippen LogP contribution is -2.33. The highest BCUT2D eigenvalue weighted by Gasteiger charge is 2.17. The summed E-state index contributed by atoms with van der Waals surface area (Å²) >= 11 is 0. The Labute approximate surface area is 117 Å². The van der Waals surface area contributed by atoms with Gasteiger partial charge in [-0.25, -0.2) is 0 Å². The molecule has 0 saturated carbocycles. The predicted octanol–water partition coefficient (Wildman–Crippen LogP) is 0.703. The Morgan fingerprint density at radius 3 is 2.50 bits per heavy atom. The van der Waals surface area contributed by atoms with E-state index in [1.54, 1.807) is 27.8 Å². The number of esters is 1. The third-order valence-electron chi connectivity index (χ3n) is 2.67. The molecule has 0 unspecified atom stereocenters. The first-order chi connectivity index (χ1) is 9.31. The summed E-state index contributed by atoms with van der Waals surface area (Å²) < 4.78 is 6.37. The maximum atomic E-state index is 11.9. The number of aryl methyl sites for hydroxylation is 1. The van der Waals surface area contributed by atoms with Crippen LogP contribution in [0, 0.1) is 5.92 Å². The van der Waals surface area contributed by atoms with Crippen LogP contribution in [0.15, 0.2) is 23.1 Å². The molecule has 1 amide bonds. The topological polar surface area (TPSA) is 77.4 Å². The van der Waals surface area contributed by atoms with Crippen molar-refractivity contribution < 1.29 is 14.3 Å². The number of ether oxygens (including phenoxy) is 1. The minimum atomic E-state index is -0.422. The van der Waals surface area contributed by atoms with Gasteiger partial charge in [-0.1, -0.05) is 6.92 Å². The van der Waals surface area contributed by atoms with E-state index in [0.29, 0.717) is 5.56 Å². The number of hydrogen-bond acceptors (Lipinski definition) is 4. The smallest absolute Gasteiger partial charge is 0.310 e. The Balaban J connectivity index is 2.56. The zero-order chi connectivity index (χ0) is 15.3. The second-order valence-electron chi connectivity index (χ2n) is 4.96. The van der Waals surface area contributed by atoms with Crippen LogP contribution in [0.5, 0.6) is 0 Å². The molecule has 0 saturated heterocycles. The second kappa shape index (κ2) is 6.88. The Morgan fingerprint density at radius 2 is 1.95 bits per heavy atom. The van der Waals surface area contributed by atoms with Crippen molar-refractivity contribution in [3.05, 3.63) is 34.2 Å². The van der Waals surface area contributed by atoms with Crippen LogP contribution in [0.25, 0.3) is 0 Å². The van der Waals surface area contributed by atoms with Gasteiger partial charge in [-0.2, -0.15) is 0 Å². The molecule has 1 aromatic rings. The van der Waals surface area contributed by atoms with E-state index >= 15 is 0 Å². The Hall–Kier alpha value is -2.11. The van der Waals surface area contributed by atoms with Crippen LogP contribution in [-0.4, -0.2) is 29.1 Å². The Kier molecular flexibility index (Phi) is 5.49. The van der Waals surface area contributed by atoms with Crippen molar-refractivity contribution in [2.24, 2.45) is 13.0 Å². The summed E-state index contributed by atoms with van der Waals surface area (Å²) in [6, 6.07) is 2.78. The van der Waals surface area contributed by atoms with Gasteiger partial charge in [-0.3, -0.25) is 14.4 Å². The van der Waals surface area contributed by atoms with Crippen molar-refractivity contribution in [1.29, 1.82) is 0 Å². The minimum Gasteiger partial charge on any atom is -0.463 e. The lowest BCUT2D eigenvalue weighted by molar-refractivity contribution is -0.151. The molecule has 0 fully saturated rings. The molecule has 0 aliphatic heterocycles. The highest BCUT2D eigenvalue weighted by atomic mass is 16.5. The van der Waals surface area contributed by atoms with Crippen LogP contribution >= 0.6 is 0 Å². The largest absolute Gasteiger partial charge is 0.463 e. The Morgan fingerprint density at radius 1 is 1.30 bits per heavy atom. The molecule has 0 bridgehead atoms. The predicted molar refractivity (Wildman–Crippen MR) is 74.4 cm³/mol. The molecule has 1 aromatic heterocycles. The molecule has 0 spiro atoms. The molecule has 1 N–H and O–H groups in total. The van der Waals surface area contributed by atoms with Crippen LogP contribution in [-0.2, 0) is 16.6 Å². The molecular formula is C14H20N2O4. The van der Waals surface area contributed by atoms with E-state index in [0.717, 1.165) is 0 Å². The monoisotopic (exact) mass is 280 g/mol. The second-order valence-corrected chi connectivity index (χ2v) is 4.96. The van der Waals surface area contributed by atoms with Crippen LogP contribution in [0.4, 0.5) is 0 Å². The third kappa shape index (κ3) is 4.53. The zero-order valence-electron chi connectivity index (χ0n) is 12.2. The molecule has 20 heavy (non-hydrogen) atoms. The summed E-state index contributed by atoms with van der Waals surface area (Å²) in [5.41, 5.74) is 0.187. The number of amides is 1. The van der Waals surface area contributed by atoms with E-state index in [4.69, 9.17) is 4.74 Å². The van der Waals surface area contributed by atoms with Gasteiger partial charge in [0.2, 0.25) is 5.56 Å². The lowest BCUT2D eigenvalue weighted by atomic mass is 10.1. The molecule has 0 aliphatic rings. The number of hydrogen-bond donors (Lipinski definition) is 1. The maximum Gasteiger partial charge on any atom is 0.310 e. The van der Waals surface area contributed by atoms with Gasteiger partial charge in [-0.05, 0) is 19.9 Å². The van der Waals surface area contributed by atoms with Crippen molar-refractivity contribution in [3.63, 3.8) is 0 Å². The van der Waals surface area contributed by atoms with Crippen molar-refractivity contribution in [3.8, 4) is 0 Å². The Bertz CT molecular complexity index is 548. The number of pyridine rings is 1. The average Bonchev–Trinajstić information content (AvgIpc) is 2.37. The van der Waals surface area contributed by atoms with Crippen molar-refractivity contribution in [2.75, 3.05) is 6.54 Å². The maximum absolute atomic E-state index is 11.9. The SMILES string of the molecule is CC(C)OC(=O)[C@H](C)CNC(=O)c1ccc(=O)n(C)c1. The number of aromatic nitrogens is 1. The standard InChI is InChI=1S/C14H20N2O4/c1-9(2)20-14(19)10(3)7-15-13(18)11-5-6-12(17)16(4)8-11/h5-6,8-10H,7H2,1-4H3,(H,15,18)/t10-/m1/s1. The summed E-state index contributed by atoms with van der Waals surface area (Å²) in [6.45, 7) is 5.42. The summed E-state index contributed by atoms with van der Waals surface area (Å²) in [5, 5.41) is 2.64.